The van der Waals surface area contributed by atoms with Gasteiger partial charge in [0.15, 0.2) is 0 Å². The molecule has 1 aliphatic heterocycles. The fourth-order valence-electron chi connectivity index (χ4n) is 3.25. The summed E-state index contributed by atoms with van der Waals surface area (Å²) in [5, 5.41) is 4.18. The molecule has 1 unspecified atom stereocenters. The third-order valence-electron chi connectivity index (χ3n) is 4.70. The molecule has 8 heteroatoms. The number of aromatic nitrogens is 4. The molecule has 0 saturated heterocycles. The van der Waals surface area contributed by atoms with E-state index in [2.05, 4.69) is 19.4 Å². The first-order valence-corrected chi connectivity index (χ1v) is 10.1. The van der Waals surface area contributed by atoms with Gasteiger partial charge in [-0.15, -0.1) is 0 Å². The summed E-state index contributed by atoms with van der Waals surface area (Å²) < 4.78 is 31.6. The molecule has 0 amide bonds. The molecule has 0 aliphatic carbocycles. The fraction of sp³-hybridized carbons (Fsp3) is 0.333. The summed E-state index contributed by atoms with van der Waals surface area (Å²) >= 11 is 0. The highest BCUT2D eigenvalue weighted by Gasteiger charge is 2.22. The van der Waals surface area contributed by atoms with Crippen LogP contribution in [0.5, 0.6) is 0 Å². The van der Waals surface area contributed by atoms with Crippen LogP contribution in [-0.4, -0.2) is 34.3 Å². The predicted octanol–water partition coefficient (Wildman–Crippen LogP) is 1.67. The van der Waals surface area contributed by atoms with Gasteiger partial charge in [0.25, 0.3) is 0 Å². The lowest BCUT2D eigenvalue weighted by Gasteiger charge is -2.23. The number of benzene rings is 1. The van der Waals surface area contributed by atoms with Crippen LogP contribution < -0.4 is 4.72 Å². The summed E-state index contributed by atoms with van der Waals surface area (Å²) in [6.07, 6.45) is 8.54. The van der Waals surface area contributed by atoms with Crippen molar-refractivity contribution in [3.63, 3.8) is 0 Å². The molecule has 1 aliphatic rings. The average Bonchev–Trinajstić information content (AvgIpc) is 3.30. The van der Waals surface area contributed by atoms with Crippen molar-refractivity contribution in [2.45, 2.75) is 30.8 Å². The van der Waals surface area contributed by atoms with Gasteiger partial charge in [-0.3, -0.25) is 4.68 Å². The van der Waals surface area contributed by atoms with Crippen molar-refractivity contribution in [1.82, 2.24) is 24.1 Å². The van der Waals surface area contributed by atoms with Gasteiger partial charge in [0.1, 0.15) is 10.7 Å². The second-order valence-electron chi connectivity index (χ2n) is 6.61. The van der Waals surface area contributed by atoms with Crippen LogP contribution in [-0.2, 0) is 29.5 Å². The first-order chi connectivity index (χ1) is 12.6. The Balaban J connectivity index is 1.38. The lowest BCUT2D eigenvalue weighted by molar-refractivity contribution is 0.363. The number of fused-ring (bicyclic) bond motifs is 1. The molecular weight excluding hydrogens is 350 g/mol. The first-order valence-electron chi connectivity index (χ1n) is 8.66. The molecule has 3 aromatic rings. The first kappa shape index (κ1) is 17.0. The van der Waals surface area contributed by atoms with E-state index in [1.807, 2.05) is 36.5 Å². The van der Waals surface area contributed by atoms with Crippen molar-refractivity contribution < 1.29 is 8.42 Å². The molecule has 1 aromatic carbocycles. The van der Waals surface area contributed by atoms with E-state index in [-0.39, 0.29) is 10.8 Å². The molecular formula is C18H21N5O2S. The number of hydrogen-bond donors (Lipinski definition) is 1. The zero-order chi connectivity index (χ0) is 18.0. The average molecular weight is 371 g/mol. The number of rotatable bonds is 6. The Morgan fingerprint density at radius 1 is 1.23 bits per heavy atom. The Morgan fingerprint density at radius 3 is 2.92 bits per heavy atom. The third-order valence-corrected chi connectivity index (χ3v) is 6.08. The van der Waals surface area contributed by atoms with Crippen LogP contribution in [0.2, 0.25) is 0 Å². The minimum Gasteiger partial charge on any atom is -0.335 e. The maximum atomic E-state index is 12.6. The van der Waals surface area contributed by atoms with Crippen molar-refractivity contribution in [2.24, 2.45) is 5.92 Å². The summed E-state index contributed by atoms with van der Waals surface area (Å²) in [7, 11) is -3.55. The smallest absolute Gasteiger partial charge is 0.243 e. The molecule has 1 N–H and O–H groups in total. The van der Waals surface area contributed by atoms with Crippen LogP contribution in [0, 0.1) is 5.92 Å². The van der Waals surface area contributed by atoms with Crippen molar-refractivity contribution >= 4 is 10.0 Å². The molecule has 0 radical (unpaired) electrons. The minimum atomic E-state index is -3.55. The largest absolute Gasteiger partial charge is 0.335 e. The van der Waals surface area contributed by atoms with Gasteiger partial charge in [-0.25, -0.2) is 18.1 Å². The normalized spacial score (nSPS) is 17.2. The molecule has 136 valence electrons. The Bertz CT molecular complexity index is 978. The highest BCUT2D eigenvalue weighted by Crippen LogP contribution is 2.19. The maximum Gasteiger partial charge on any atom is 0.243 e. The lowest BCUT2D eigenvalue weighted by Crippen LogP contribution is -2.33. The van der Waals surface area contributed by atoms with E-state index >= 15 is 0 Å². The predicted molar refractivity (Wildman–Crippen MR) is 97.0 cm³/mol. The standard InChI is InChI=1S/C18H21N5O2S/c24-26(25,21-10-16-6-7-18-19-8-9-22(18)12-16)17-11-20-23(14-17)13-15-4-2-1-3-5-15/h1-5,8-9,11,14,16,21H,6-7,10,12-13H2. The van der Waals surface area contributed by atoms with Gasteiger partial charge in [0.2, 0.25) is 10.0 Å². The van der Waals surface area contributed by atoms with Crippen LogP contribution >= 0.6 is 0 Å². The van der Waals surface area contributed by atoms with Crippen LogP contribution in [0.15, 0.2) is 60.0 Å². The Morgan fingerprint density at radius 2 is 2.08 bits per heavy atom. The number of hydrogen-bond acceptors (Lipinski definition) is 4. The van der Waals surface area contributed by atoms with Crippen LogP contribution in [0.4, 0.5) is 0 Å². The van der Waals surface area contributed by atoms with E-state index in [0.29, 0.717) is 13.1 Å². The summed E-state index contributed by atoms with van der Waals surface area (Å²) in [6.45, 7) is 1.76. The van der Waals surface area contributed by atoms with Crippen molar-refractivity contribution in [2.75, 3.05) is 6.54 Å². The number of aryl methyl sites for hydroxylation is 1. The molecule has 0 fully saturated rings. The van der Waals surface area contributed by atoms with Crippen LogP contribution in [0.1, 0.15) is 17.8 Å². The van der Waals surface area contributed by atoms with Gasteiger partial charge >= 0.3 is 0 Å². The van der Waals surface area contributed by atoms with Crippen molar-refractivity contribution in [3.8, 4) is 0 Å². The number of imidazole rings is 1. The van der Waals surface area contributed by atoms with E-state index in [1.54, 1.807) is 17.1 Å². The molecule has 0 bridgehead atoms. The summed E-state index contributed by atoms with van der Waals surface area (Å²) in [4.78, 5) is 4.50. The number of nitrogens with one attached hydrogen (secondary N) is 1. The monoisotopic (exact) mass is 371 g/mol. The lowest BCUT2D eigenvalue weighted by atomic mass is 10.00. The van der Waals surface area contributed by atoms with Gasteiger partial charge in [-0.1, -0.05) is 30.3 Å². The van der Waals surface area contributed by atoms with Crippen LogP contribution in [0.25, 0.3) is 0 Å². The third kappa shape index (κ3) is 3.71. The van der Waals surface area contributed by atoms with E-state index in [0.717, 1.165) is 30.8 Å². The zero-order valence-corrected chi connectivity index (χ0v) is 15.1. The van der Waals surface area contributed by atoms with Gasteiger partial charge in [0, 0.05) is 38.1 Å². The molecule has 7 nitrogen and oxygen atoms in total. The van der Waals surface area contributed by atoms with Crippen LogP contribution in [0.3, 0.4) is 0 Å². The highest BCUT2D eigenvalue weighted by molar-refractivity contribution is 7.89. The molecule has 2 aromatic heterocycles. The minimum absolute atomic E-state index is 0.201. The number of nitrogens with zero attached hydrogens (tertiary/aromatic N) is 4. The van der Waals surface area contributed by atoms with E-state index in [4.69, 9.17) is 0 Å². The summed E-state index contributed by atoms with van der Waals surface area (Å²) in [6, 6.07) is 9.83. The maximum absolute atomic E-state index is 12.6. The highest BCUT2D eigenvalue weighted by atomic mass is 32.2. The number of sulfonamides is 1. The molecule has 1 atom stereocenters. The zero-order valence-electron chi connectivity index (χ0n) is 14.3. The van der Waals surface area contributed by atoms with Gasteiger partial charge < -0.3 is 4.57 Å². The summed E-state index contributed by atoms with van der Waals surface area (Å²) in [5.74, 6) is 1.34. The van der Waals surface area contributed by atoms with E-state index < -0.39 is 10.0 Å². The van der Waals surface area contributed by atoms with Gasteiger partial charge in [0.05, 0.1) is 12.7 Å². The Labute approximate surface area is 152 Å². The SMILES string of the molecule is O=S(=O)(NCC1CCc2nccn2C1)c1cnn(Cc2ccccc2)c1. The van der Waals surface area contributed by atoms with Crippen molar-refractivity contribution in [1.29, 1.82) is 0 Å². The molecule has 0 saturated carbocycles. The fourth-order valence-corrected chi connectivity index (χ4v) is 4.32. The van der Waals surface area contributed by atoms with E-state index in [9.17, 15) is 8.42 Å². The molecule has 26 heavy (non-hydrogen) atoms. The second-order valence-corrected chi connectivity index (χ2v) is 8.38. The van der Waals surface area contributed by atoms with Gasteiger partial charge in [-0.05, 0) is 17.9 Å². The Hall–Kier alpha value is -2.45. The second kappa shape index (κ2) is 7.05. The molecule has 3 heterocycles. The van der Waals surface area contributed by atoms with Gasteiger partial charge in [-0.2, -0.15) is 5.10 Å². The Kier molecular flexibility index (Phi) is 4.60. The molecule has 4 rings (SSSR count). The van der Waals surface area contributed by atoms with Crippen molar-refractivity contribution in [3.05, 3.63) is 66.5 Å². The quantitative estimate of drug-likeness (QED) is 0.715. The topological polar surface area (TPSA) is 81.8 Å². The summed E-state index contributed by atoms with van der Waals surface area (Å²) in [5.41, 5.74) is 1.07. The van der Waals surface area contributed by atoms with E-state index in [1.165, 1.54) is 6.20 Å². The molecule has 0 spiro atoms.